The molecule has 0 radical (unpaired) electrons. The van der Waals surface area contributed by atoms with Crippen LogP contribution in [0.15, 0.2) is 18.3 Å². The van der Waals surface area contributed by atoms with Crippen molar-refractivity contribution in [2.24, 2.45) is 0 Å². The van der Waals surface area contributed by atoms with Crippen LogP contribution in [0.25, 0.3) is 0 Å². The fourth-order valence-corrected chi connectivity index (χ4v) is 1.92. The maximum absolute atomic E-state index is 4.44. The zero-order chi connectivity index (χ0) is 13.7. The van der Waals surface area contributed by atoms with E-state index in [9.17, 15) is 0 Å². The lowest BCUT2D eigenvalue weighted by atomic mass is 10.4. The van der Waals surface area contributed by atoms with Crippen LogP contribution < -0.4 is 10.6 Å². The highest BCUT2D eigenvalue weighted by Gasteiger charge is 2.00. The van der Waals surface area contributed by atoms with Crippen LogP contribution >= 0.6 is 0 Å². The van der Waals surface area contributed by atoms with Crippen molar-refractivity contribution in [2.45, 2.75) is 26.8 Å². The Morgan fingerprint density at radius 1 is 1.32 bits per heavy atom. The number of aryl methyl sites for hydroxylation is 3. The van der Waals surface area contributed by atoms with Gasteiger partial charge in [-0.05, 0) is 32.4 Å². The van der Waals surface area contributed by atoms with Crippen LogP contribution in [-0.4, -0.2) is 33.3 Å². The van der Waals surface area contributed by atoms with Crippen LogP contribution in [0.1, 0.15) is 17.8 Å². The molecule has 6 nitrogen and oxygen atoms in total. The number of rotatable bonds is 6. The number of hydrogen-bond acceptors (Lipinski definition) is 5. The van der Waals surface area contributed by atoms with Gasteiger partial charge in [-0.3, -0.25) is 4.68 Å². The summed E-state index contributed by atoms with van der Waals surface area (Å²) in [6.45, 7) is 5.87. The first-order chi connectivity index (χ1) is 9.19. The van der Waals surface area contributed by atoms with Gasteiger partial charge in [0.1, 0.15) is 5.82 Å². The van der Waals surface area contributed by atoms with Crippen molar-refractivity contribution in [3.8, 4) is 0 Å². The Morgan fingerprint density at radius 2 is 2.16 bits per heavy atom. The molecule has 0 saturated carbocycles. The number of hydrogen-bond donors (Lipinski definition) is 2. The van der Waals surface area contributed by atoms with Gasteiger partial charge in [-0.25, -0.2) is 4.98 Å². The van der Waals surface area contributed by atoms with E-state index in [-0.39, 0.29) is 0 Å². The van der Waals surface area contributed by atoms with E-state index in [0.717, 1.165) is 31.0 Å². The molecule has 0 bridgehead atoms. The van der Waals surface area contributed by atoms with Gasteiger partial charge in [0.25, 0.3) is 0 Å². The van der Waals surface area contributed by atoms with Crippen LogP contribution in [0, 0.1) is 13.8 Å². The molecular formula is C13H20N6. The molecule has 0 aliphatic carbocycles. The van der Waals surface area contributed by atoms with Crippen LogP contribution in [0.2, 0.25) is 0 Å². The third-order valence-corrected chi connectivity index (χ3v) is 2.84. The number of aromatic nitrogens is 4. The van der Waals surface area contributed by atoms with Gasteiger partial charge in [0, 0.05) is 32.0 Å². The summed E-state index contributed by atoms with van der Waals surface area (Å²) in [5.41, 5.74) is 2.27. The summed E-state index contributed by atoms with van der Waals surface area (Å²) < 4.78 is 2.04. The van der Waals surface area contributed by atoms with Crippen LogP contribution in [0.4, 0.5) is 11.8 Å². The second kappa shape index (κ2) is 6.17. The Morgan fingerprint density at radius 3 is 2.84 bits per heavy atom. The van der Waals surface area contributed by atoms with Crippen molar-refractivity contribution in [2.75, 3.05) is 24.2 Å². The lowest BCUT2D eigenvalue weighted by Gasteiger charge is -2.07. The Bertz CT molecular complexity index is 534. The molecule has 2 aromatic rings. The molecule has 0 unspecified atom stereocenters. The van der Waals surface area contributed by atoms with E-state index < -0.39 is 0 Å². The van der Waals surface area contributed by atoms with Crippen molar-refractivity contribution in [3.63, 3.8) is 0 Å². The zero-order valence-corrected chi connectivity index (χ0v) is 11.6. The maximum atomic E-state index is 4.44. The van der Waals surface area contributed by atoms with Gasteiger partial charge in [0.15, 0.2) is 0 Å². The largest absolute Gasteiger partial charge is 0.370 e. The van der Waals surface area contributed by atoms with E-state index in [4.69, 9.17) is 0 Å². The molecule has 2 N–H and O–H groups in total. The molecule has 2 rings (SSSR count). The number of anilines is 2. The molecule has 0 aromatic carbocycles. The zero-order valence-electron chi connectivity index (χ0n) is 11.6. The second-order valence-corrected chi connectivity index (χ2v) is 4.45. The van der Waals surface area contributed by atoms with E-state index in [1.54, 1.807) is 6.20 Å². The van der Waals surface area contributed by atoms with Gasteiger partial charge in [0.2, 0.25) is 5.95 Å². The molecule has 2 heterocycles. The van der Waals surface area contributed by atoms with E-state index in [1.165, 1.54) is 5.69 Å². The third kappa shape index (κ3) is 3.67. The first-order valence-electron chi connectivity index (χ1n) is 6.45. The average Bonchev–Trinajstić information content (AvgIpc) is 2.73. The van der Waals surface area contributed by atoms with Gasteiger partial charge in [-0.15, -0.1) is 0 Å². The highest BCUT2D eigenvalue weighted by Crippen LogP contribution is 2.06. The van der Waals surface area contributed by atoms with Gasteiger partial charge < -0.3 is 10.6 Å². The minimum Gasteiger partial charge on any atom is -0.370 e. The Kier molecular flexibility index (Phi) is 4.33. The topological polar surface area (TPSA) is 67.7 Å². The first-order valence-corrected chi connectivity index (χ1v) is 6.45. The minimum atomic E-state index is 0.628. The number of nitrogens with zero attached hydrogens (tertiary/aromatic N) is 4. The van der Waals surface area contributed by atoms with Gasteiger partial charge in [-0.1, -0.05) is 0 Å². The molecule has 0 amide bonds. The van der Waals surface area contributed by atoms with Crippen molar-refractivity contribution in [1.29, 1.82) is 0 Å². The van der Waals surface area contributed by atoms with Crippen LogP contribution in [0.5, 0.6) is 0 Å². The molecule has 0 fully saturated rings. The maximum Gasteiger partial charge on any atom is 0.224 e. The van der Waals surface area contributed by atoms with Gasteiger partial charge in [0.05, 0.1) is 5.69 Å². The Balaban J connectivity index is 1.79. The fourth-order valence-electron chi connectivity index (χ4n) is 1.92. The SMILES string of the molecule is CNc1nccc(NCCCn2nc(C)cc2C)n1. The van der Waals surface area contributed by atoms with Crippen molar-refractivity contribution in [1.82, 2.24) is 19.7 Å². The highest BCUT2D eigenvalue weighted by molar-refractivity contribution is 5.38. The normalized spacial score (nSPS) is 10.5. The molecule has 2 aromatic heterocycles. The van der Waals surface area contributed by atoms with E-state index in [1.807, 2.05) is 24.7 Å². The third-order valence-electron chi connectivity index (χ3n) is 2.84. The molecule has 0 spiro atoms. The van der Waals surface area contributed by atoms with Crippen molar-refractivity contribution >= 4 is 11.8 Å². The predicted molar refractivity (Wildman–Crippen MR) is 76.4 cm³/mol. The summed E-state index contributed by atoms with van der Waals surface area (Å²) in [4.78, 5) is 8.37. The summed E-state index contributed by atoms with van der Waals surface area (Å²) in [7, 11) is 1.81. The molecule has 0 aliphatic heterocycles. The summed E-state index contributed by atoms with van der Waals surface area (Å²) in [6, 6.07) is 3.96. The molecule has 19 heavy (non-hydrogen) atoms. The van der Waals surface area contributed by atoms with Crippen molar-refractivity contribution < 1.29 is 0 Å². The monoisotopic (exact) mass is 260 g/mol. The van der Waals surface area contributed by atoms with Crippen LogP contribution in [-0.2, 0) is 6.54 Å². The molecular weight excluding hydrogens is 240 g/mol. The van der Waals surface area contributed by atoms with E-state index in [0.29, 0.717) is 5.95 Å². The molecule has 6 heteroatoms. The molecule has 0 atom stereocenters. The minimum absolute atomic E-state index is 0.628. The smallest absolute Gasteiger partial charge is 0.224 e. The fraction of sp³-hybridized carbons (Fsp3) is 0.462. The highest BCUT2D eigenvalue weighted by atomic mass is 15.3. The summed E-state index contributed by atoms with van der Waals surface area (Å²) >= 11 is 0. The number of nitrogens with one attached hydrogen (secondary N) is 2. The first kappa shape index (κ1) is 13.3. The lowest BCUT2D eigenvalue weighted by Crippen LogP contribution is -2.10. The van der Waals surface area contributed by atoms with E-state index in [2.05, 4.69) is 38.7 Å². The summed E-state index contributed by atoms with van der Waals surface area (Å²) in [5.74, 6) is 1.47. The summed E-state index contributed by atoms with van der Waals surface area (Å²) in [5, 5.41) is 10.6. The average molecular weight is 260 g/mol. The van der Waals surface area contributed by atoms with Gasteiger partial charge in [-0.2, -0.15) is 10.1 Å². The predicted octanol–water partition coefficient (Wildman–Crippen LogP) is 1.83. The summed E-state index contributed by atoms with van der Waals surface area (Å²) in [6.07, 6.45) is 2.74. The van der Waals surface area contributed by atoms with E-state index >= 15 is 0 Å². The van der Waals surface area contributed by atoms with Gasteiger partial charge >= 0.3 is 0 Å². The lowest BCUT2D eigenvalue weighted by molar-refractivity contribution is 0.573. The second-order valence-electron chi connectivity index (χ2n) is 4.45. The molecule has 0 aliphatic rings. The van der Waals surface area contributed by atoms with Crippen LogP contribution in [0.3, 0.4) is 0 Å². The quantitative estimate of drug-likeness (QED) is 0.776. The molecule has 102 valence electrons. The van der Waals surface area contributed by atoms with Crippen molar-refractivity contribution in [3.05, 3.63) is 29.7 Å². The standard InChI is InChI=1S/C13H20N6/c1-10-9-11(2)19(18-10)8-4-6-15-12-5-7-16-13(14-3)17-12/h5,7,9H,4,6,8H2,1-3H3,(H2,14,15,16,17). The molecule has 0 saturated heterocycles. The Labute approximate surface area is 113 Å². The Hall–Kier alpha value is -2.11.